The molecule has 0 unspecified atom stereocenters. The van der Waals surface area contributed by atoms with Crippen LogP contribution in [-0.2, 0) is 31.5 Å². The molecule has 51 heavy (non-hydrogen) atoms. The molecule has 5 N–H and O–H groups in total. The van der Waals surface area contributed by atoms with Crippen LogP contribution in [0.1, 0.15) is 31.8 Å². The average molecular weight is 724 g/mol. The molecule has 0 bridgehead atoms. The van der Waals surface area contributed by atoms with E-state index in [9.17, 15) is 40.3 Å². The number of hydrogen-bond acceptors (Lipinski definition) is 7. The first-order valence-electron chi connectivity index (χ1n) is 15.3. The fourth-order valence-electron chi connectivity index (χ4n) is 5.51. The molecular formula is C37H29N3O9S2. The lowest BCUT2D eigenvalue weighted by Gasteiger charge is -2.14. The second kappa shape index (κ2) is 13.8. The van der Waals surface area contributed by atoms with Gasteiger partial charge in [0.15, 0.2) is 0 Å². The van der Waals surface area contributed by atoms with Gasteiger partial charge in [-0.25, -0.2) is 0 Å². The zero-order valence-electron chi connectivity index (χ0n) is 26.7. The van der Waals surface area contributed by atoms with Crippen LogP contribution < -0.4 is 16.0 Å². The Labute approximate surface area is 292 Å². The van der Waals surface area contributed by atoms with Crippen molar-refractivity contribution in [3.05, 3.63) is 138 Å². The van der Waals surface area contributed by atoms with E-state index in [2.05, 4.69) is 16.0 Å². The maximum Gasteiger partial charge on any atom is 0.294 e. The van der Waals surface area contributed by atoms with Gasteiger partial charge in [-0.05, 0) is 77.9 Å². The lowest BCUT2D eigenvalue weighted by molar-refractivity contribution is -0.115. The molecule has 0 radical (unpaired) electrons. The molecule has 6 rings (SSSR count). The maximum absolute atomic E-state index is 13.7. The predicted molar refractivity (Wildman–Crippen MR) is 193 cm³/mol. The Morgan fingerprint density at radius 3 is 1.49 bits per heavy atom. The smallest absolute Gasteiger partial charge is 0.294 e. The zero-order chi connectivity index (χ0) is 36.5. The number of carbonyl (C=O) groups is 3. The van der Waals surface area contributed by atoms with Crippen molar-refractivity contribution in [3.63, 3.8) is 0 Å². The summed E-state index contributed by atoms with van der Waals surface area (Å²) >= 11 is 0. The number of carbonyl (C=O) groups excluding carboxylic acids is 3. The normalized spacial score (nSPS) is 11.7. The standard InChI is InChI=1S/C37H29N3O9S2/c1-22-8-10-23(11-9-22)16-35(41)38-28-18-26(36(42)39-33-6-2-4-24-20-29(50(44,45)46)12-14-31(24)33)17-27(19-28)37(43)40-34-7-3-5-25-21-30(51(47,48)49)13-15-32(25)34/h2-15,17-21H,16H2,1H3,(H,38,41)(H,39,42)(H,40,43)(H,44,45,46)(H,47,48,49). The van der Waals surface area contributed by atoms with E-state index >= 15 is 0 Å². The van der Waals surface area contributed by atoms with Crippen LogP contribution in [0.3, 0.4) is 0 Å². The molecule has 6 aromatic carbocycles. The predicted octanol–water partition coefficient (Wildman–Crippen LogP) is 6.48. The quantitative estimate of drug-likeness (QED) is 0.104. The number of rotatable bonds is 9. The van der Waals surface area contributed by atoms with Crippen LogP contribution in [-0.4, -0.2) is 43.7 Å². The van der Waals surface area contributed by atoms with Crippen LogP contribution in [0.2, 0.25) is 0 Å². The first-order chi connectivity index (χ1) is 24.1. The van der Waals surface area contributed by atoms with E-state index in [1.807, 2.05) is 31.2 Å². The van der Waals surface area contributed by atoms with Gasteiger partial charge in [0.1, 0.15) is 0 Å². The van der Waals surface area contributed by atoms with Crippen molar-refractivity contribution in [3.8, 4) is 0 Å². The van der Waals surface area contributed by atoms with Gasteiger partial charge in [-0.15, -0.1) is 0 Å². The molecule has 0 aromatic heterocycles. The summed E-state index contributed by atoms with van der Waals surface area (Å²) in [5, 5.41) is 10.1. The molecule has 14 heteroatoms. The molecule has 0 atom stereocenters. The van der Waals surface area contributed by atoms with Crippen LogP contribution in [0, 0.1) is 6.92 Å². The number of amides is 3. The molecule has 0 aliphatic carbocycles. The highest BCUT2D eigenvalue weighted by molar-refractivity contribution is 7.86. The number of fused-ring (bicyclic) bond motifs is 2. The van der Waals surface area contributed by atoms with E-state index < -0.39 is 38.0 Å². The van der Waals surface area contributed by atoms with E-state index in [4.69, 9.17) is 0 Å². The second-order valence-corrected chi connectivity index (χ2v) is 14.6. The van der Waals surface area contributed by atoms with Gasteiger partial charge in [-0.3, -0.25) is 23.5 Å². The molecule has 6 aromatic rings. The fraction of sp³-hybridized carbons (Fsp3) is 0.0541. The van der Waals surface area contributed by atoms with Gasteiger partial charge in [-0.2, -0.15) is 16.8 Å². The number of anilines is 3. The van der Waals surface area contributed by atoms with Crippen molar-refractivity contribution in [2.45, 2.75) is 23.1 Å². The maximum atomic E-state index is 13.7. The van der Waals surface area contributed by atoms with Gasteiger partial charge in [0.2, 0.25) is 5.91 Å². The highest BCUT2D eigenvalue weighted by Crippen LogP contribution is 2.29. The van der Waals surface area contributed by atoms with E-state index in [-0.39, 0.29) is 33.0 Å². The molecule has 0 aliphatic heterocycles. The van der Waals surface area contributed by atoms with Crippen LogP contribution >= 0.6 is 0 Å². The average Bonchev–Trinajstić information content (AvgIpc) is 3.08. The number of hydrogen-bond donors (Lipinski definition) is 5. The molecule has 0 heterocycles. The van der Waals surface area contributed by atoms with Gasteiger partial charge in [0.05, 0.1) is 16.2 Å². The second-order valence-electron chi connectivity index (χ2n) is 11.7. The number of nitrogens with one attached hydrogen (secondary N) is 3. The van der Waals surface area contributed by atoms with E-state index in [1.165, 1.54) is 54.6 Å². The van der Waals surface area contributed by atoms with Crippen LogP contribution in [0.4, 0.5) is 17.1 Å². The van der Waals surface area contributed by atoms with Gasteiger partial charge >= 0.3 is 0 Å². The summed E-state index contributed by atoms with van der Waals surface area (Å²) in [5.74, 6) is -1.68. The fourth-order valence-corrected chi connectivity index (χ4v) is 6.54. The SMILES string of the molecule is Cc1ccc(CC(=O)Nc2cc(C(=O)Nc3cccc4cc(S(=O)(=O)O)ccc34)cc(C(=O)Nc3cccc4cc(S(=O)(=O)O)ccc34)c2)cc1. The molecule has 0 spiro atoms. The van der Waals surface area contributed by atoms with Crippen LogP contribution in [0.25, 0.3) is 21.5 Å². The summed E-state index contributed by atoms with van der Waals surface area (Å²) in [6.07, 6.45) is 0.0291. The van der Waals surface area contributed by atoms with E-state index in [1.54, 1.807) is 36.4 Å². The van der Waals surface area contributed by atoms with Crippen LogP contribution in [0.15, 0.2) is 125 Å². The van der Waals surface area contributed by atoms with Crippen molar-refractivity contribution >= 4 is 76.6 Å². The Balaban J connectivity index is 1.33. The highest BCUT2D eigenvalue weighted by atomic mass is 32.2. The molecule has 0 fully saturated rings. The minimum absolute atomic E-state index is 0.00978. The highest BCUT2D eigenvalue weighted by Gasteiger charge is 2.18. The van der Waals surface area contributed by atoms with E-state index in [0.717, 1.165) is 11.1 Å². The molecule has 0 saturated heterocycles. The monoisotopic (exact) mass is 723 g/mol. The molecule has 0 aliphatic rings. The largest absolute Gasteiger partial charge is 0.326 e. The Hall–Kier alpha value is -5.93. The zero-order valence-corrected chi connectivity index (χ0v) is 28.4. The summed E-state index contributed by atoms with van der Waals surface area (Å²) in [6.45, 7) is 1.93. The first kappa shape index (κ1) is 34.9. The molecular weight excluding hydrogens is 695 g/mol. The number of aryl methyl sites for hydroxylation is 1. The third kappa shape index (κ3) is 8.11. The van der Waals surface area contributed by atoms with Gasteiger partial charge in [0, 0.05) is 39.0 Å². The van der Waals surface area contributed by atoms with Gasteiger partial charge in [-0.1, -0.05) is 66.2 Å². The first-order valence-corrected chi connectivity index (χ1v) is 18.2. The Bertz CT molecular complexity index is 2460. The molecule has 258 valence electrons. The molecule has 0 saturated carbocycles. The summed E-state index contributed by atoms with van der Waals surface area (Å²) in [4.78, 5) is 39.9. The number of benzene rings is 6. The summed E-state index contributed by atoms with van der Waals surface area (Å²) < 4.78 is 65.5. The lowest BCUT2D eigenvalue weighted by atomic mass is 10.0. The summed E-state index contributed by atoms with van der Waals surface area (Å²) in [5.41, 5.74) is 2.61. The minimum Gasteiger partial charge on any atom is -0.326 e. The van der Waals surface area contributed by atoms with Crippen molar-refractivity contribution < 1.29 is 40.3 Å². The third-order valence-electron chi connectivity index (χ3n) is 8.02. The van der Waals surface area contributed by atoms with E-state index in [0.29, 0.717) is 32.9 Å². The molecule has 3 amide bonds. The Kier molecular flexibility index (Phi) is 9.42. The van der Waals surface area contributed by atoms with Crippen molar-refractivity contribution in [1.29, 1.82) is 0 Å². The third-order valence-corrected chi connectivity index (χ3v) is 9.72. The van der Waals surface area contributed by atoms with Crippen molar-refractivity contribution in [2.75, 3.05) is 16.0 Å². The van der Waals surface area contributed by atoms with Gasteiger partial charge < -0.3 is 16.0 Å². The Morgan fingerprint density at radius 2 is 1.04 bits per heavy atom. The summed E-state index contributed by atoms with van der Waals surface area (Å²) in [7, 11) is -8.92. The minimum atomic E-state index is -4.46. The van der Waals surface area contributed by atoms with Gasteiger partial charge in [0.25, 0.3) is 32.1 Å². The van der Waals surface area contributed by atoms with Crippen LogP contribution in [0.5, 0.6) is 0 Å². The van der Waals surface area contributed by atoms with Crippen molar-refractivity contribution in [1.82, 2.24) is 0 Å². The summed E-state index contributed by atoms with van der Waals surface area (Å²) in [6, 6.07) is 29.0. The Morgan fingerprint density at radius 1 is 0.569 bits per heavy atom. The lowest BCUT2D eigenvalue weighted by Crippen LogP contribution is -2.19. The van der Waals surface area contributed by atoms with Crippen molar-refractivity contribution in [2.24, 2.45) is 0 Å². The topological polar surface area (TPSA) is 196 Å². The molecule has 12 nitrogen and oxygen atoms in total.